The molecular formula is C23H33N5O4S. The van der Waals surface area contributed by atoms with Gasteiger partial charge in [0, 0.05) is 24.2 Å². The average Bonchev–Trinajstić information content (AvgIpc) is 3.39. The summed E-state index contributed by atoms with van der Waals surface area (Å²) < 4.78 is 32.1. The number of anilines is 2. The second-order valence-electron chi connectivity index (χ2n) is 10.2. The lowest BCUT2D eigenvalue weighted by atomic mass is 10.0. The molecule has 1 saturated carbocycles. The number of pyridine rings is 1. The fourth-order valence-corrected chi connectivity index (χ4v) is 5.99. The summed E-state index contributed by atoms with van der Waals surface area (Å²) in [4.78, 5) is 16.7. The lowest BCUT2D eigenvalue weighted by Crippen LogP contribution is -2.33. The molecule has 33 heavy (non-hydrogen) atoms. The second-order valence-corrected chi connectivity index (χ2v) is 12.3. The minimum Gasteiger partial charge on any atom is -0.446 e. The molecule has 2 aliphatic rings. The molecule has 1 aliphatic heterocycles. The zero-order valence-electron chi connectivity index (χ0n) is 19.9. The number of hydrogen-bond donors (Lipinski definition) is 2. The number of rotatable bonds is 5. The third kappa shape index (κ3) is 5.15. The van der Waals surface area contributed by atoms with Crippen LogP contribution in [0.3, 0.4) is 0 Å². The molecule has 2 atom stereocenters. The number of nitrogens with one attached hydrogen (secondary N) is 2. The second kappa shape index (κ2) is 8.62. The summed E-state index contributed by atoms with van der Waals surface area (Å²) >= 11 is 0. The van der Waals surface area contributed by atoms with E-state index in [9.17, 15) is 13.2 Å². The molecule has 1 fully saturated rings. The van der Waals surface area contributed by atoms with Crippen molar-refractivity contribution in [3.63, 3.8) is 0 Å². The highest BCUT2D eigenvalue weighted by Gasteiger charge is 2.32. The van der Waals surface area contributed by atoms with E-state index in [1.165, 1.54) is 0 Å². The summed E-state index contributed by atoms with van der Waals surface area (Å²) in [5.74, 6) is 1.55. The Morgan fingerprint density at radius 1 is 1.24 bits per heavy atom. The van der Waals surface area contributed by atoms with Gasteiger partial charge in [-0.15, -0.1) is 0 Å². The number of sulfone groups is 1. The zero-order chi connectivity index (χ0) is 24.0. The molecule has 0 saturated heterocycles. The fourth-order valence-electron chi connectivity index (χ4n) is 4.43. The Morgan fingerprint density at radius 3 is 2.70 bits per heavy atom. The van der Waals surface area contributed by atoms with Gasteiger partial charge in [0.15, 0.2) is 9.84 Å². The third-order valence-corrected chi connectivity index (χ3v) is 7.81. The van der Waals surface area contributed by atoms with Gasteiger partial charge in [-0.05, 0) is 71.9 Å². The number of fused-ring (bicyclic) bond motifs is 1. The van der Waals surface area contributed by atoms with Crippen LogP contribution in [-0.2, 0) is 26.5 Å². The maximum atomic E-state index is 12.3. The van der Waals surface area contributed by atoms with Crippen molar-refractivity contribution in [1.82, 2.24) is 20.1 Å². The van der Waals surface area contributed by atoms with Gasteiger partial charge < -0.3 is 15.4 Å². The SMILES string of the molecule is CC(C)NC(=O)O[C@@H]1CC[C@H](c2cc(Nc3cc4c(cn3)CCS4(=O)=O)n(C(C)(C)C)n2)C1. The summed E-state index contributed by atoms with van der Waals surface area (Å²) in [5.41, 5.74) is 1.40. The Bertz CT molecular complexity index is 1150. The van der Waals surface area contributed by atoms with Crippen molar-refractivity contribution in [3.05, 3.63) is 29.6 Å². The number of ether oxygens (including phenoxy) is 1. The number of carbonyl (C=O) groups excluding carboxylic acids is 1. The van der Waals surface area contributed by atoms with Crippen LogP contribution in [0.15, 0.2) is 23.2 Å². The highest BCUT2D eigenvalue weighted by Crippen LogP contribution is 2.38. The average molecular weight is 476 g/mol. The van der Waals surface area contributed by atoms with Crippen LogP contribution < -0.4 is 10.6 Å². The molecule has 0 aromatic carbocycles. The van der Waals surface area contributed by atoms with Crippen LogP contribution >= 0.6 is 0 Å². The van der Waals surface area contributed by atoms with Crippen molar-refractivity contribution < 1.29 is 17.9 Å². The van der Waals surface area contributed by atoms with Gasteiger partial charge in [0.1, 0.15) is 17.7 Å². The van der Waals surface area contributed by atoms with Crippen LogP contribution in [0.5, 0.6) is 0 Å². The number of aryl methyl sites for hydroxylation is 1. The topological polar surface area (TPSA) is 115 Å². The number of carbonyl (C=O) groups is 1. The number of alkyl carbamates (subject to hydrolysis) is 1. The lowest BCUT2D eigenvalue weighted by molar-refractivity contribution is 0.0981. The van der Waals surface area contributed by atoms with Crippen LogP contribution in [0.4, 0.5) is 16.4 Å². The van der Waals surface area contributed by atoms with E-state index in [4.69, 9.17) is 9.84 Å². The smallest absolute Gasteiger partial charge is 0.407 e. The Balaban J connectivity index is 1.54. The summed E-state index contributed by atoms with van der Waals surface area (Å²) in [5, 5.41) is 10.9. The number of nitrogens with zero attached hydrogens (tertiary/aromatic N) is 3. The van der Waals surface area contributed by atoms with Crippen molar-refractivity contribution in [3.8, 4) is 0 Å². The van der Waals surface area contributed by atoms with E-state index in [1.807, 2.05) is 24.6 Å². The van der Waals surface area contributed by atoms with E-state index in [2.05, 4.69) is 36.4 Å². The summed E-state index contributed by atoms with van der Waals surface area (Å²) in [6.45, 7) is 9.99. The molecule has 3 heterocycles. The van der Waals surface area contributed by atoms with E-state index < -0.39 is 9.84 Å². The van der Waals surface area contributed by atoms with Crippen LogP contribution in [-0.4, -0.2) is 47.2 Å². The highest BCUT2D eigenvalue weighted by molar-refractivity contribution is 7.91. The first-order chi connectivity index (χ1) is 15.4. The summed E-state index contributed by atoms with van der Waals surface area (Å²) in [6.07, 6.45) is 4.05. The molecule has 0 bridgehead atoms. The van der Waals surface area contributed by atoms with E-state index in [0.717, 1.165) is 36.3 Å². The maximum Gasteiger partial charge on any atom is 0.407 e. The molecule has 0 unspecified atom stereocenters. The third-order valence-electron chi connectivity index (χ3n) is 6.02. The molecule has 0 spiro atoms. The van der Waals surface area contributed by atoms with Gasteiger partial charge in [-0.3, -0.25) is 0 Å². The van der Waals surface area contributed by atoms with Gasteiger partial charge in [-0.25, -0.2) is 22.9 Å². The van der Waals surface area contributed by atoms with Gasteiger partial charge in [-0.2, -0.15) is 5.10 Å². The highest BCUT2D eigenvalue weighted by atomic mass is 32.2. The van der Waals surface area contributed by atoms with Crippen LogP contribution in [0.25, 0.3) is 0 Å². The van der Waals surface area contributed by atoms with Crippen LogP contribution in [0.2, 0.25) is 0 Å². The molecule has 9 nitrogen and oxygen atoms in total. The van der Waals surface area contributed by atoms with Crippen LogP contribution in [0.1, 0.15) is 71.1 Å². The Labute approximate surface area is 195 Å². The first kappa shape index (κ1) is 23.5. The number of amides is 1. The van der Waals surface area contributed by atoms with Gasteiger partial charge >= 0.3 is 6.09 Å². The largest absolute Gasteiger partial charge is 0.446 e. The fraction of sp³-hybridized carbons (Fsp3) is 0.609. The summed E-state index contributed by atoms with van der Waals surface area (Å²) in [6, 6.07) is 3.65. The molecule has 1 aliphatic carbocycles. The molecule has 1 amide bonds. The predicted molar refractivity (Wildman–Crippen MR) is 126 cm³/mol. The maximum absolute atomic E-state index is 12.3. The zero-order valence-corrected chi connectivity index (χ0v) is 20.7. The van der Waals surface area contributed by atoms with Crippen molar-refractivity contribution in [2.24, 2.45) is 0 Å². The Morgan fingerprint density at radius 2 is 2.00 bits per heavy atom. The summed E-state index contributed by atoms with van der Waals surface area (Å²) in [7, 11) is -3.24. The standard InChI is InChI=1S/C23H33N5O4S/c1-14(2)25-22(29)32-17-7-6-15(10-17)18-11-21(28(27-18)23(3,4)5)26-20-12-19-16(13-24-20)8-9-33(19,30)31/h11-15,17H,6-10H2,1-5H3,(H,24,26)(H,25,29)/t15-,17+/m0/s1. The van der Waals surface area contributed by atoms with Crippen LogP contribution in [0, 0.1) is 0 Å². The molecule has 2 aromatic rings. The quantitative estimate of drug-likeness (QED) is 0.674. The number of hydrogen-bond acceptors (Lipinski definition) is 7. The Kier molecular flexibility index (Phi) is 6.15. The minimum absolute atomic E-state index is 0.0358. The number of aromatic nitrogens is 3. The molecule has 4 rings (SSSR count). The van der Waals surface area contributed by atoms with Crippen molar-refractivity contribution in [2.45, 2.75) is 88.8 Å². The van der Waals surface area contributed by atoms with Crippen molar-refractivity contribution >= 4 is 27.6 Å². The predicted octanol–water partition coefficient (Wildman–Crippen LogP) is 3.88. The van der Waals surface area contributed by atoms with Crippen molar-refractivity contribution in [1.29, 1.82) is 0 Å². The molecule has 2 aromatic heterocycles. The minimum atomic E-state index is -3.24. The molecule has 10 heteroatoms. The van der Waals surface area contributed by atoms with E-state index in [-0.39, 0.29) is 35.4 Å². The molecule has 2 N–H and O–H groups in total. The first-order valence-electron chi connectivity index (χ1n) is 11.5. The van der Waals surface area contributed by atoms with Gasteiger partial charge in [-0.1, -0.05) is 0 Å². The monoisotopic (exact) mass is 475 g/mol. The first-order valence-corrected chi connectivity index (χ1v) is 13.1. The van der Waals surface area contributed by atoms with E-state index in [1.54, 1.807) is 12.3 Å². The molecule has 180 valence electrons. The lowest BCUT2D eigenvalue weighted by Gasteiger charge is -2.22. The van der Waals surface area contributed by atoms with Gasteiger partial charge in [0.05, 0.1) is 21.9 Å². The van der Waals surface area contributed by atoms with E-state index >= 15 is 0 Å². The van der Waals surface area contributed by atoms with E-state index in [0.29, 0.717) is 17.1 Å². The van der Waals surface area contributed by atoms with Crippen molar-refractivity contribution in [2.75, 3.05) is 11.1 Å². The Hall–Kier alpha value is -2.62. The van der Waals surface area contributed by atoms with Gasteiger partial charge in [0.2, 0.25) is 0 Å². The van der Waals surface area contributed by atoms with Gasteiger partial charge in [0.25, 0.3) is 0 Å². The molecular weight excluding hydrogens is 442 g/mol. The normalized spacial score (nSPS) is 21.8. The molecule has 0 radical (unpaired) electrons.